The van der Waals surface area contributed by atoms with Gasteiger partial charge >= 0.3 is 0 Å². The molecule has 2 aliphatic rings. The number of rotatable bonds is 9. The molecule has 1 aliphatic heterocycles. The second kappa shape index (κ2) is 11.9. The monoisotopic (exact) mass is 630 g/mol. The van der Waals surface area contributed by atoms with Crippen molar-refractivity contribution < 1.29 is 23.9 Å². The van der Waals surface area contributed by atoms with Gasteiger partial charge in [0.05, 0.1) is 25.1 Å². The number of allylic oxidation sites excluding steroid dienone is 1. The molecular weight excluding hydrogens is 588 g/mol. The van der Waals surface area contributed by atoms with Crippen molar-refractivity contribution in [1.29, 1.82) is 0 Å². The lowest BCUT2D eigenvalue weighted by Gasteiger charge is -2.41. The molecule has 10 nitrogen and oxygen atoms in total. The van der Waals surface area contributed by atoms with Gasteiger partial charge in [0, 0.05) is 11.2 Å². The topological polar surface area (TPSA) is 132 Å². The third-order valence-electron chi connectivity index (χ3n) is 8.74. The lowest BCUT2D eigenvalue weighted by Crippen LogP contribution is -2.46. The summed E-state index contributed by atoms with van der Waals surface area (Å²) in [6, 6.07) is -0.477. The zero-order valence-corrected chi connectivity index (χ0v) is 28.0. The standard InChI is InChI=1S/C26H43N4O6PS2Si/c1-15(2)16-9-10-26(6,19(31)11-16)39-37(38)34-13-18-17(36-40(7,8)25(3,4)5)12-20(35-18)30-14-27-21-22(30)28-24(33)29-23(21)32/h14,16-20,31,37H,1,9-13H2,2-8H3,(H2,28,29,32,33)/t16-,17?,18-,19+,20-,26+/m1/s1. The summed E-state index contributed by atoms with van der Waals surface area (Å²) < 4.78 is 20.8. The molecule has 2 fully saturated rings. The van der Waals surface area contributed by atoms with Crippen LogP contribution in [0, 0.1) is 5.92 Å². The normalized spacial score (nSPS) is 30.6. The fourth-order valence-corrected chi connectivity index (χ4v) is 11.7. The first-order valence-electron chi connectivity index (χ1n) is 13.7. The summed E-state index contributed by atoms with van der Waals surface area (Å²) in [5, 5.41) is 20.8. The molecule has 2 aromatic heterocycles. The summed E-state index contributed by atoms with van der Waals surface area (Å²) >= 11 is 7.39. The summed E-state index contributed by atoms with van der Waals surface area (Å²) in [7, 11) is -2.16. The Bertz CT molecular complexity index is 1330. The quantitative estimate of drug-likeness (QED) is 0.192. The minimum Gasteiger partial charge on any atom is -0.480 e. The first-order valence-corrected chi connectivity index (χ1v) is 20.7. The number of H-pyrrole nitrogens is 1. The second-order valence-corrected chi connectivity index (χ2v) is 23.1. The van der Waals surface area contributed by atoms with Crippen LogP contribution in [-0.2, 0) is 25.5 Å². The lowest BCUT2D eigenvalue weighted by molar-refractivity contribution is -0.0334. The Morgan fingerprint density at radius 2 is 2.12 bits per heavy atom. The molecule has 40 heavy (non-hydrogen) atoms. The van der Waals surface area contributed by atoms with Crippen LogP contribution in [-0.4, -0.2) is 67.7 Å². The van der Waals surface area contributed by atoms with Crippen molar-refractivity contribution in [3.05, 3.63) is 28.8 Å². The fraction of sp³-hybridized carbons (Fsp3) is 0.731. The van der Waals surface area contributed by atoms with Crippen molar-refractivity contribution in [3.8, 4) is 6.01 Å². The molecule has 7 atom stereocenters. The van der Waals surface area contributed by atoms with Gasteiger partial charge in [0.1, 0.15) is 18.5 Å². The van der Waals surface area contributed by atoms with Gasteiger partial charge in [-0.05, 0) is 57.2 Å². The van der Waals surface area contributed by atoms with Gasteiger partial charge in [-0.1, -0.05) is 56.1 Å². The Morgan fingerprint density at radius 1 is 1.43 bits per heavy atom. The predicted octanol–water partition coefficient (Wildman–Crippen LogP) is 5.25. The van der Waals surface area contributed by atoms with Crippen LogP contribution in [0.3, 0.4) is 0 Å². The molecule has 0 spiro atoms. The lowest BCUT2D eigenvalue weighted by atomic mass is 9.77. The largest absolute Gasteiger partial charge is 0.480 e. The van der Waals surface area contributed by atoms with Gasteiger partial charge in [0.2, 0.25) is 0 Å². The van der Waals surface area contributed by atoms with E-state index in [1.54, 1.807) is 15.9 Å². The van der Waals surface area contributed by atoms with Crippen molar-refractivity contribution in [2.24, 2.45) is 5.92 Å². The van der Waals surface area contributed by atoms with E-state index in [9.17, 15) is 15.0 Å². The third-order valence-corrected chi connectivity index (χ3v) is 18.1. The summed E-state index contributed by atoms with van der Waals surface area (Å²) in [5.41, 5.74) is 0.975. The minimum atomic E-state index is -2.16. The van der Waals surface area contributed by atoms with Crippen molar-refractivity contribution >= 4 is 48.8 Å². The van der Waals surface area contributed by atoms with E-state index in [1.807, 2.05) is 6.92 Å². The third kappa shape index (κ3) is 6.77. The van der Waals surface area contributed by atoms with Gasteiger partial charge in [0.15, 0.2) is 19.5 Å². The molecular formula is C26H43N4O6PS2Si. The number of aromatic nitrogens is 4. The number of nitrogens with zero attached hydrogens (tertiary/aromatic N) is 3. The Balaban J connectivity index is 1.49. The molecule has 0 amide bonds. The summed E-state index contributed by atoms with van der Waals surface area (Å²) in [6.07, 6.45) is 1.19. The molecule has 224 valence electrons. The van der Waals surface area contributed by atoms with Crippen LogP contribution >= 0.6 is 17.5 Å². The van der Waals surface area contributed by atoms with E-state index in [0.29, 0.717) is 18.8 Å². The molecule has 0 bridgehead atoms. The SMILES string of the molecule is C=C(C)[C@@H]1CC[C@](C)(S[PH](=S)OC[C@H]2O[C@@H](n3cnc4c(=O)[nH]c(O)nc43)CC2O[Si](C)(C)C(C)(C)C)[C@@H](O)C1. The van der Waals surface area contributed by atoms with Gasteiger partial charge in [0.25, 0.3) is 11.6 Å². The molecule has 14 heteroatoms. The van der Waals surface area contributed by atoms with Crippen molar-refractivity contribution in [2.45, 2.75) is 108 Å². The molecule has 4 rings (SSSR count). The number of nitrogens with one attached hydrogen (secondary N) is 1. The Hall–Kier alpha value is -1.05. The van der Waals surface area contributed by atoms with Crippen LogP contribution in [0.1, 0.15) is 66.5 Å². The number of ether oxygens (including phenoxy) is 1. The maximum absolute atomic E-state index is 12.3. The van der Waals surface area contributed by atoms with Crippen LogP contribution in [0.5, 0.6) is 6.01 Å². The second-order valence-electron chi connectivity index (χ2n) is 12.8. The highest BCUT2D eigenvalue weighted by atomic mass is 32.9. The number of hydrogen-bond acceptors (Lipinski definition) is 10. The summed E-state index contributed by atoms with van der Waals surface area (Å²) in [4.78, 5) is 22.8. The molecule has 0 aromatic carbocycles. The summed E-state index contributed by atoms with van der Waals surface area (Å²) in [6.45, 7) is 19.4. The van der Waals surface area contributed by atoms with Gasteiger partial charge in [-0.3, -0.25) is 14.3 Å². The van der Waals surface area contributed by atoms with Crippen LogP contribution < -0.4 is 5.56 Å². The maximum atomic E-state index is 12.3. The van der Waals surface area contributed by atoms with E-state index in [1.165, 1.54) is 6.33 Å². The van der Waals surface area contributed by atoms with E-state index in [4.69, 9.17) is 25.5 Å². The predicted molar refractivity (Wildman–Crippen MR) is 166 cm³/mol. The average Bonchev–Trinajstić information content (AvgIpc) is 3.42. The number of aromatic hydroxyl groups is 1. The molecule has 1 saturated carbocycles. The number of aliphatic hydroxyl groups excluding tert-OH is 1. The number of fused-ring (bicyclic) bond motifs is 1. The van der Waals surface area contributed by atoms with Crippen LogP contribution in [0.4, 0.5) is 0 Å². The van der Waals surface area contributed by atoms with Crippen molar-refractivity contribution in [1.82, 2.24) is 19.5 Å². The van der Waals surface area contributed by atoms with Gasteiger partial charge in [-0.25, -0.2) is 4.98 Å². The number of aliphatic hydroxyl groups is 1. The number of aromatic amines is 1. The summed E-state index contributed by atoms with van der Waals surface area (Å²) in [5.74, 6) is 0.341. The highest BCUT2D eigenvalue weighted by molar-refractivity contribution is 8.63. The molecule has 3 N–H and O–H groups in total. The molecule has 3 heterocycles. The van der Waals surface area contributed by atoms with Crippen molar-refractivity contribution in [3.63, 3.8) is 0 Å². The smallest absolute Gasteiger partial charge is 0.296 e. The van der Waals surface area contributed by atoms with E-state index in [2.05, 4.69) is 62.3 Å². The maximum Gasteiger partial charge on any atom is 0.296 e. The zero-order chi connectivity index (χ0) is 29.6. The average molecular weight is 631 g/mol. The van der Waals surface area contributed by atoms with Gasteiger partial charge < -0.3 is 23.9 Å². The molecule has 2 unspecified atom stereocenters. The molecule has 1 aliphatic carbocycles. The van der Waals surface area contributed by atoms with E-state index >= 15 is 0 Å². The van der Waals surface area contributed by atoms with Crippen LogP contribution in [0.15, 0.2) is 23.3 Å². The van der Waals surface area contributed by atoms with Crippen LogP contribution in [0.2, 0.25) is 18.1 Å². The van der Waals surface area contributed by atoms with E-state index < -0.39 is 44.4 Å². The highest BCUT2D eigenvalue weighted by Gasteiger charge is 2.46. The number of hydrogen-bond donors (Lipinski definition) is 3. The van der Waals surface area contributed by atoms with Crippen LogP contribution in [0.25, 0.3) is 11.2 Å². The first-order chi connectivity index (χ1) is 18.5. The van der Waals surface area contributed by atoms with Gasteiger partial charge in [-0.15, -0.1) is 0 Å². The van der Waals surface area contributed by atoms with E-state index in [0.717, 1.165) is 18.4 Å². The number of imidazole rings is 1. The Morgan fingerprint density at radius 3 is 2.75 bits per heavy atom. The Kier molecular flexibility index (Phi) is 9.49. The van der Waals surface area contributed by atoms with Gasteiger partial charge in [-0.2, -0.15) is 4.98 Å². The minimum absolute atomic E-state index is 0.00494. The molecule has 0 radical (unpaired) electrons. The van der Waals surface area contributed by atoms with E-state index in [-0.39, 0.29) is 33.7 Å². The fourth-order valence-electron chi connectivity index (χ4n) is 5.03. The zero-order valence-electron chi connectivity index (χ0n) is 24.4. The Labute approximate surface area is 246 Å². The molecule has 1 saturated heterocycles. The first kappa shape index (κ1) is 31.9. The highest BCUT2D eigenvalue weighted by Crippen LogP contribution is 2.55. The molecule has 2 aromatic rings. The van der Waals surface area contributed by atoms with Crippen molar-refractivity contribution in [2.75, 3.05) is 6.61 Å².